The lowest BCUT2D eigenvalue weighted by Gasteiger charge is -2.27. The minimum absolute atomic E-state index is 0.138. The van der Waals surface area contributed by atoms with Crippen LogP contribution in [0, 0.1) is 6.92 Å². The molecule has 0 N–H and O–H groups in total. The third kappa shape index (κ3) is 5.65. The van der Waals surface area contributed by atoms with E-state index in [1.807, 2.05) is 6.92 Å². The molecule has 2 aromatic rings. The molecule has 0 bridgehead atoms. The van der Waals surface area contributed by atoms with Crippen molar-refractivity contribution in [3.05, 3.63) is 48.2 Å². The van der Waals surface area contributed by atoms with Crippen molar-refractivity contribution in [3.63, 3.8) is 0 Å². The molecule has 0 aliphatic carbocycles. The van der Waals surface area contributed by atoms with E-state index in [2.05, 4.69) is 9.72 Å². The summed E-state index contributed by atoms with van der Waals surface area (Å²) in [4.78, 5) is 17.9. The van der Waals surface area contributed by atoms with E-state index in [9.17, 15) is 18.0 Å². The Morgan fingerprint density at radius 2 is 1.81 bits per heavy atom. The van der Waals surface area contributed by atoms with Crippen molar-refractivity contribution in [1.82, 2.24) is 4.98 Å². The predicted octanol–water partition coefficient (Wildman–Crippen LogP) is 5.36. The minimum atomic E-state index is -4.84. The van der Waals surface area contributed by atoms with Gasteiger partial charge in [-0.25, -0.2) is 14.7 Å². The van der Waals surface area contributed by atoms with Crippen molar-refractivity contribution in [2.24, 2.45) is 0 Å². The molecule has 8 heteroatoms. The average molecular weight is 368 g/mol. The third-order valence-electron chi connectivity index (χ3n) is 3.02. The maximum Gasteiger partial charge on any atom is 0.573 e. The smallest absolute Gasteiger partial charge is 0.443 e. The lowest BCUT2D eigenvalue weighted by molar-refractivity contribution is -0.274. The third-order valence-corrected chi connectivity index (χ3v) is 3.02. The summed E-state index contributed by atoms with van der Waals surface area (Å²) in [5, 5.41) is 0. The van der Waals surface area contributed by atoms with Gasteiger partial charge in [-0.1, -0.05) is 6.07 Å². The molecule has 0 spiro atoms. The Bertz CT molecular complexity index is 786. The van der Waals surface area contributed by atoms with E-state index in [0.29, 0.717) is 0 Å². The van der Waals surface area contributed by atoms with E-state index in [4.69, 9.17) is 4.74 Å². The average Bonchev–Trinajstić information content (AvgIpc) is 2.44. The van der Waals surface area contributed by atoms with Gasteiger partial charge in [-0.05, 0) is 57.5 Å². The summed E-state index contributed by atoms with van der Waals surface area (Å²) in [7, 11) is 0. The van der Waals surface area contributed by atoms with Gasteiger partial charge in [-0.15, -0.1) is 13.2 Å². The Hall–Kier alpha value is -2.77. The van der Waals surface area contributed by atoms with Crippen molar-refractivity contribution in [2.75, 3.05) is 4.90 Å². The number of carbonyl (C=O) groups excluding carboxylic acids is 1. The summed E-state index contributed by atoms with van der Waals surface area (Å²) < 4.78 is 46.8. The first-order valence-electron chi connectivity index (χ1n) is 7.76. The summed E-state index contributed by atoms with van der Waals surface area (Å²) in [6.45, 7) is 6.88. The highest BCUT2D eigenvalue weighted by Gasteiger charge is 2.32. The second-order valence-corrected chi connectivity index (χ2v) is 6.55. The predicted molar refractivity (Wildman–Crippen MR) is 90.5 cm³/mol. The van der Waals surface area contributed by atoms with Crippen molar-refractivity contribution in [2.45, 2.75) is 39.7 Å². The number of alkyl halides is 3. The first-order chi connectivity index (χ1) is 11.9. The first kappa shape index (κ1) is 19.6. The lowest BCUT2D eigenvalue weighted by Crippen LogP contribution is -2.34. The van der Waals surface area contributed by atoms with Gasteiger partial charge < -0.3 is 9.47 Å². The molecule has 0 fully saturated rings. The number of ether oxygens (including phenoxy) is 2. The van der Waals surface area contributed by atoms with E-state index in [1.54, 1.807) is 32.9 Å². The summed E-state index contributed by atoms with van der Waals surface area (Å²) in [6, 6.07) is 8.43. The Balaban J connectivity index is 2.47. The molecule has 0 aliphatic heterocycles. The van der Waals surface area contributed by atoms with Crippen LogP contribution in [0.2, 0.25) is 0 Å². The Kier molecular flexibility index (Phi) is 5.44. The van der Waals surface area contributed by atoms with Crippen LogP contribution >= 0.6 is 0 Å². The van der Waals surface area contributed by atoms with Gasteiger partial charge in [-0.2, -0.15) is 0 Å². The number of nitrogens with zero attached hydrogens (tertiary/aromatic N) is 2. The molecule has 0 saturated heterocycles. The van der Waals surface area contributed by atoms with E-state index >= 15 is 0 Å². The van der Waals surface area contributed by atoms with Gasteiger partial charge in [-0.3, -0.25) is 0 Å². The number of hydrogen-bond acceptors (Lipinski definition) is 4. The largest absolute Gasteiger partial charge is 0.573 e. The van der Waals surface area contributed by atoms with E-state index in [0.717, 1.165) is 22.6 Å². The van der Waals surface area contributed by atoms with E-state index < -0.39 is 23.8 Å². The number of aryl methyl sites for hydroxylation is 1. The van der Waals surface area contributed by atoms with Crippen LogP contribution in [0.25, 0.3) is 0 Å². The molecule has 1 aromatic heterocycles. The number of amides is 1. The normalized spacial score (nSPS) is 11.8. The number of anilines is 2. The van der Waals surface area contributed by atoms with Crippen LogP contribution in [-0.4, -0.2) is 23.0 Å². The second kappa shape index (κ2) is 7.23. The summed E-state index contributed by atoms with van der Waals surface area (Å²) in [5.41, 5.74) is 0.171. The molecule has 140 valence electrons. The number of hydrogen-bond donors (Lipinski definition) is 0. The molecular weight excluding hydrogens is 349 g/mol. The fourth-order valence-corrected chi connectivity index (χ4v) is 2.10. The molecule has 2 rings (SSSR count). The SMILES string of the molecule is Cc1ccnc(N(C(=O)OC(C)(C)C)c2cccc(OC(F)(F)F)c2)c1. The van der Waals surface area contributed by atoms with Crippen molar-refractivity contribution in [3.8, 4) is 5.75 Å². The summed E-state index contributed by atoms with van der Waals surface area (Å²) in [6.07, 6.45) is -4.10. The fraction of sp³-hybridized carbons (Fsp3) is 0.333. The van der Waals surface area contributed by atoms with Gasteiger partial charge in [0.05, 0.1) is 5.69 Å². The highest BCUT2D eigenvalue weighted by molar-refractivity contribution is 5.95. The van der Waals surface area contributed by atoms with Crippen LogP contribution < -0.4 is 9.64 Å². The maximum absolute atomic E-state index is 12.7. The number of pyridine rings is 1. The number of halogens is 3. The highest BCUT2D eigenvalue weighted by atomic mass is 19.4. The van der Waals surface area contributed by atoms with Gasteiger partial charge in [0.1, 0.15) is 17.2 Å². The van der Waals surface area contributed by atoms with Crippen LogP contribution in [0.15, 0.2) is 42.6 Å². The number of carbonyl (C=O) groups is 1. The Morgan fingerprint density at radius 3 is 2.38 bits per heavy atom. The van der Waals surface area contributed by atoms with Crippen molar-refractivity contribution < 1.29 is 27.4 Å². The van der Waals surface area contributed by atoms with Crippen LogP contribution in [0.1, 0.15) is 26.3 Å². The molecule has 5 nitrogen and oxygen atoms in total. The molecule has 26 heavy (non-hydrogen) atoms. The standard InChI is InChI=1S/C18H19F3N2O3/c1-12-8-9-22-15(10-12)23(16(24)26-17(2,3)4)13-6-5-7-14(11-13)25-18(19,20)21/h5-11H,1-4H3. The molecule has 0 unspecified atom stereocenters. The molecule has 1 heterocycles. The molecule has 0 saturated carbocycles. The maximum atomic E-state index is 12.7. The van der Waals surface area contributed by atoms with E-state index in [1.165, 1.54) is 18.3 Å². The molecule has 0 radical (unpaired) electrons. The fourth-order valence-electron chi connectivity index (χ4n) is 2.10. The minimum Gasteiger partial charge on any atom is -0.443 e. The van der Waals surface area contributed by atoms with Crippen LogP contribution in [0.4, 0.5) is 29.5 Å². The molecule has 0 aliphatic rings. The number of aromatic nitrogens is 1. The van der Waals surface area contributed by atoms with Gasteiger partial charge in [0.2, 0.25) is 0 Å². The lowest BCUT2D eigenvalue weighted by atomic mass is 10.2. The Morgan fingerprint density at radius 1 is 1.12 bits per heavy atom. The quantitative estimate of drug-likeness (QED) is 0.732. The van der Waals surface area contributed by atoms with Crippen LogP contribution in [0.3, 0.4) is 0 Å². The molecule has 1 amide bonds. The van der Waals surface area contributed by atoms with Gasteiger partial charge in [0.25, 0.3) is 0 Å². The molecule has 0 atom stereocenters. The van der Waals surface area contributed by atoms with Gasteiger partial charge in [0.15, 0.2) is 0 Å². The van der Waals surface area contributed by atoms with Crippen LogP contribution in [0.5, 0.6) is 5.75 Å². The first-order valence-corrected chi connectivity index (χ1v) is 7.76. The van der Waals surface area contributed by atoms with E-state index in [-0.39, 0.29) is 11.5 Å². The zero-order valence-electron chi connectivity index (χ0n) is 14.8. The second-order valence-electron chi connectivity index (χ2n) is 6.55. The van der Waals surface area contributed by atoms with Crippen LogP contribution in [-0.2, 0) is 4.74 Å². The molecular formula is C18H19F3N2O3. The zero-order chi connectivity index (χ0) is 19.5. The zero-order valence-corrected chi connectivity index (χ0v) is 14.8. The molecule has 1 aromatic carbocycles. The number of rotatable bonds is 3. The topological polar surface area (TPSA) is 51.7 Å². The Labute approximate surface area is 149 Å². The summed E-state index contributed by atoms with van der Waals surface area (Å²) >= 11 is 0. The highest BCUT2D eigenvalue weighted by Crippen LogP contribution is 2.31. The van der Waals surface area contributed by atoms with Gasteiger partial charge >= 0.3 is 12.5 Å². The van der Waals surface area contributed by atoms with Gasteiger partial charge in [0, 0.05) is 12.3 Å². The summed E-state index contributed by atoms with van der Waals surface area (Å²) in [5.74, 6) is -0.223. The number of benzene rings is 1. The van der Waals surface area contributed by atoms with Crippen molar-refractivity contribution in [1.29, 1.82) is 0 Å². The van der Waals surface area contributed by atoms with Crippen molar-refractivity contribution >= 4 is 17.6 Å². The monoisotopic (exact) mass is 368 g/mol.